The van der Waals surface area contributed by atoms with Crippen LogP contribution in [0.2, 0.25) is 4.34 Å². The normalized spacial score (nSPS) is 10.2. The quantitative estimate of drug-likeness (QED) is 0.815. The topological polar surface area (TPSA) is 23.5 Å². The van der Waals surface area contributed by atoms with Crippen LogP contribution in [0.25, 0.3) is 0 Å². The highest BCUT2D eigenvalue weighted by molar-refractivity contribution is 7.19. The Morgan fingerprint density at radius 2 is 2.33 bits per heavy atom. The van der Waals surface area contributed by atoms with E-state index in [0.717, 1.165) is 22.3 Å². The average Bonchev–Trinajstić information content (AvgIpc) is 2.47. The molecule has 0 spiro atoms. The van der Waals surface area contributed by atoms with Gasteiger partial charge in [0.25, 0.3) is 0 Å². The van der Waals surface area contributed by atoms with Crippen molar-refractivity contribution < 1.29 is 5.11 Å². The molecule has 1 N–H and O–H groups in total. The highest BCUT2D eigenvalue weighted by atomic mass is 35.5. The molecule has 68 valence electrons. The number of rotatable bonds is 4. The zero-order valence-corrected chi connectivity index (χ0v) is 8.53. The minimum atomic E-state index is 0.240. The fourth-order valence-corrected chi connectivity index (χ4v) is 1.95. The number of aliphatic hydroxyl groups excluding tert-OH is 1. The Bertz CT molecular complexity index is 239. The SMILES string of the molecule is CN(CCCO)c1ccc(Cl)s1. The van der Waals surface area contributed by atoms with Crippen molar-refractivity contribution in [2.45, 2.75) is 6.42 Å². The van der Waals surface area contributed by atoms with E-state index in [9.17, 15) is 0 Å². The van der Waals surface area contributed by atoms with Crippen LogP contribution in [0.5, 0.6) is 0 Å². The summed E-state index contributed by atoms with van der Waals surface area (Å²) in [5.41, 5.74) is 0. The highest BCUT2D eigenvalue weighted by Crippen LogP contribution is 2.28. The first-order valence-corrected chi connectivity index (χ1v) is 5.01. The van der Waals surface area contributed by atoms with Crippen LogP contribution in [0.15, 0.2) is 12.1 Å². The van der Waals surface area contributed by atoms with Crippen LogP contribution in [0, 0.1) is 0 Å². The maximum atomic E-state index is 8.62. The first kappa shape index (κ1) is 9.84. The summed E-state index contributed by atoms with van der Waals surface area (Å²) in [6.07, 6.45) is 0.798. The zero-order valence-electron chi connectivity index (χ0n) is 6.96. The maximum Gasteiger partial charge on any atom is 0.0950 e. The molecule has 2 nitrogen and oxygen atoms in total. The molecule has 1 heterocycles. The van der Waals surface area contributed by atoms with E-state index < -0.39 is 0 Å². The van der Waals surface area contributed by atoms with Gasteiger partial charge in [-0.1, -0.05) is 11.6 Å². The van der Waals surface area contributed by atoms with Crippen LogP contribution >= 0.6 is 22.9 Å². The number of nitrogens with zero attached hydrogens (tertiary/aromatic N) is 1. The fraction of sp³-hybridized carbons (Fsp3) is 0.500. The van der Waals surface area contributed by atoms with Gasteiger partial charge in [0.2, 0.25) is 0 Å². The molecule has 0 amide bonds. The number of thiophene rings is 1. The van der Waals surface area contributed by atoms with Crippen molar-refractivity contribution in [2.24, 2.45) is 0 Å². The third-order valence-electron chi connectivity index (χ3n) is 1.59. The molecular weight excluding hydrogens is 194 g/mol. The molecule has 0 bridgehead atoms. The summed E-state index contributed by atoms with van der Waals surface area (Å²) in [6.45, 7) is 1.11. The molecule has 0 fully saturated rings. The van der Waals surface area contributed by atoms with Gasteiger partial charge in [0, 0.05) is 20.2 Å². The smallest absolute Gasteiger partial charge is 0.0950 e. The maximum absolute atomic E-state index is 8.62. The number of hydrogen-bond acceptors (Lipinski definition) is 3. The molecule has 0 aliphatic heterocycles. The van der Waals surface area contributed by atoms with Crippen molar-refractivity contribution in [3.8, 4) is 0 Å². The van der Waals surface area contributed by atoms with E-state index in [0.29, 0.717) is 0 Å². The summed E-state index contributed by atoms with van der Waals surface area (Å²) >= 11 is 7.34. The molecule has 0 saturated carbocycles. The number of halogens is 1. The molecule has 0 aromatic carbocycles. The Balaban J connectivity index is 2.47. The fourth-order valence-electron chi connectivity index (χ4n) is 0.928. The number of aliphatic hydroxyl groups is 1. The Morgan fingerprint density at radius 3 is 2.83 bits per heavy atom. The van der Waals surface area contributed by atoms with Crippen LogP contribution in [-0.2, 0) is 0 Å². The first-order valence-electron chi connectivity index (χ1n) is 3.81. The average molecular weight is 206 g/mol. The molecule has 1 aromatic heterocycles. The molecule has 0 saturated heterocycles. The number of hydrogen-bond donors (Lipinski definition) is 1. The summed E-state index contributed by atoms with van der Waals surface area (Å²) in [5.74, 6) is 0. The van der Waals surface area contributed by atoms with E-state index in [-0.39, 0.29) is 6.61 Å². The van der Waals surface area contributed by atoms with Gasteiger partial charge in [-0.15, -0.1) is 11.3 Å². The van der Waals surface area contributed by atoms with Crippen molar-refractivity contribution in [1.82, 2.24) is 0 Å². The van der Waals surface area contributed by atoms with Crippen molar-refractivity contribution in [3.63, 3.8) is 0 Å². The van der Waals surface area contributed by atoms with Crippen LogP contribution in [-0.4, -0.2) is 25.3 Å². The lowest BCUT2D eigenvalue weighted by Crippen LogP contribution is -2.17. The second-order valence-corrected chi connectivity index (χ2v) is 4.27. The molecule has 1 aromatic rings. The minimum Gasteiger partial charge on any atom is -0.396 e. The minimum absolute atomic E-state index is 0.240. The van der Waals surface area contributed by atoms with E-state index in [1.54, 1.807) is 11.3 Å². The van der Waals surface area contributed by atoms with Crippen LogP contribution < -0.4 is 4.90 Å². The molecule has 1 rings (SSSR count). The van der Waals surface area contributed by atoms with Gasteiger partial charge in [-0.25, -0.2) is 0 Å². The third-order valence-corrected chi connectivity index (χ3v) is 2.93. The lowest BCUT2D eigenvalue weighted by Gasteiger charge is -2.15. The van der Waals surface area contributed by atoms with E-state index in [2.05, 4.69) is 4.90 Å². The van der Waals surface area contributed by atoms with Gasteiger partial charge in [-0.05, 0) is 18.6 Å². The summed E-state index contributed by atoms with van der Waals surface area (Å²) in [7, 11) is 2.00. The van der Waals surface area contributed by atoms with Gasteiger partial charge in [-0.3, -0.25) is 0 Å². The predicted molar refractivity (Wildman–Crippen MR) is 54.3 cm³/mol. The largest absolute Gasteiger partial charge is 0.396 e. The van der Waals surface area contributed by atoms with Crippen molar-refractivity contribution in [1.29, 1.82) is 0 Å². The molecule has 0 atom stereocenters. The van der Waals surface area contributed by atoms with Crippen molar-refractivity contribution >= 4 is 27.9 Å². The monoisotopic (exact) mass is 205 g/mol. The van der Waals surface area contributed by atoms with Crippen LogP contribution in [0.3, 0.4) is 0 Å². The second-order valence-electron chi connectivity index (χ2n) is 2.58. The van der Waals surface area contributed by atoms with Gasteiger partial charge in [-0.2, -0.15) is 0 Å². The standard InChI is InChI=1S/C8H12ClNOS/c1-10(5-2-6-11)8-4-3-7(9)12-8/h3-4,11H,2,5-6H2,1H3. The summed E-state index contributed by atoms with van der Waals surface area (Å²) in [4.78, 5) is 2.09. The van der Waals surface area contributed by atoms with Gasteiger partial charge in [0.05, 0.1) is 9.34 Å². The summed E-state index contributed by atoms with van der Waals surface area (Å²) in [5, 5.41) is 9.76. The molecule has 12 heavy (non-hydrogen) atoms. The molecular formula is C8H12ClNOS. The Morgan fingerprint density at radius 1 is 1.58 bits per heavy atom. The van der Waals surface area contributed by atoms with Crippen molar-refractivity contribution in [3.05, 3.63) is 16.5 Å². The lowest BCUT2D eigenvalue weighted by atomic mass is 10.4. The van der Waals surface area contributed by atoms with E-state index in [4.69, 9.17) is 16.7 Å². The Kier molecular flexibility index (Phi) is 3.85. The molecule has 0 radical (unpaired) electrons. The summed E-state index contributed by atoms with van der Waals surface area (Å²) in [6, 6.07) is 3.88. The van der Waals surface area contributed by atoms with Crippen molar-refractivity contribution in [2.75, 3.05) is 25.1 Å². The summed E-state index contributed by atoms with van der Waals surface area (Å²) < 4.78 is 0.806. The highest BCUT2D eigenvalue weighted by Gasteiger charge is 2.02. The molecule has 0 aliphatic rings. The van der Waals surface area contributed by atoms with Gasteiger partial charge in [0.1, 0.15) is 0 Å². The Labute approximate surface area is 81.4 Å². The number of anilines is 1. The van der Waals surface area contributed by atoms with Gasteiger partial charge >= 0.3 is 0 Å². The van der Waals surface area contributed by atoms with E-state index in [1.165, 1.54) is 0 Å². The first-order chi connectivity index (χ1) is 5.74. The van der Waals surface area contributed by atoms with Gasteiger partial charge in [0.15, 0.2) is 0 Å². The Hall–Kier alpha value is -0.250. The van der Waals surface area contributed by atoms with Crippen LogP contribution in [0.4, 0.5) is 5.00 Å². The predicted octanol–water partition coefficient (Wildman–Crippen LogP) is 2.22. The zero-order chi connectivity index (χ0) is 8.97. The molecule has 4 heteroatoms. The van der Waals surface area contributed by atoms with Gasteiger partial charge < -0.3 is 10.0 Å². The van der Waals surface area contributed by atoms with E-state index >= 15 is 0 Å². The molecule has 0 aliphatic carbocycles. The lowest BCUT2D eigenvalue weighted by molar-refractivity contribution is 0.290. The molecule has 0 unspecified atom stereocenters. The van der Waals surface area contributed by atoms with Crippen LogP contribution in [0.1, 0.15) is 6.42 Å². The third kappa shape index (κ3) is 2.66. The second kappa shape index (κ2) is 4.70. The van der Waals surface area contributed by atoms with E-state index in [1.807, 2.05) is 19.2 Å².